The van der Waals surface area contributed by atoms with E-state index in [1.807, 2.05) is 0 Å². The summed E-state index contributed by atoms with van der Waals surface area (Å²) >= 11 is 0. The first-order valence-electron chi connectivity index (χ1n) is 9.28. The third kappa shape index (κ3) is 16.8. The summed E-state index contributed by atoms with van der Waals surface area (Å²) in [5.74, 6) is -0.0720. The highest BCUT2D eigenvalue weighted by atomic mass is 16.3. The molecule has 0 fully saturated rings. The Hall–Kier alpha value is -1.24. The summed E-state index contributed by atoms with van der Waals surface area (Å²) in [7, 11) is 0. The number of nitrogens with one attached hydrogen (secondary N) is 1. The lowest BCUT2D eigenvalue weighted by molar-refractivity contribution is 0.361. The molecular weight excluding hydrogens is 274 g/mol. The van der Waals surface area contributed by atoms with Crippen molar-refractivity contribution in [1.29, 1.82) is 5.39 Å². The summed E-state index contributed by atoms with van der Waals surface area (Å²) < 4.78 is 0. The number of nitrogens with zero attached hydrogens (tertiary/aromatic N) is 2. The molecule has 0 saturated carbocycles. The Morgan fingerprint density at radius 2 is 1.23 bits per heavy atom. The van der Waals surface area contributed by atoms with Crippen LogP contribution in [0.15, 0.2) is 12.1 Å². The molecule has 0 aliphatic carbocycles. The first-order chi connectivity index (χ1) is 10.8. The summed E-state index contributed by atoms with van der Waals surface area (Å²) in [6, 6.07) is 0. The largest absolute Gasteiger partial charge is 0.490 e. The number of rotatable bonds is 16. The van der Waals surface area contributed by atoms with Gasteiger partial charge in [-0.25, -0.2) is 0 Å². The van der Waals surface area contributed by atoms with Crippen molar-refractivity contribution in [2.24, 2.45) is 0 Å². The van der Waals surface area contributed by atoms with Crippen LogP contribution in [-0.4, -0.2) is 11.7 Å². The van der Waals surface area contributed by atoms with E-state index in [0.29, 0.717) is 0 Å². The molecule has 0 heterocycles. The minimum absolute atomic E-state index is 0.0720. The van der Waals surface area contributed by atoms with Gasteiger partial charge < -0.3 is 10.4 Å². The van der Waals surface area contributed by atoms with E-state index >= 15 is 0 Å². The minimum Gasteiger partial charge on any atom is -0.490 e. The first-order valence-corrected chi connectivity index (χ1v) is 9.28. The fraction of sp³-hybridized carbons (Fsp3) is 0.889. The number of aliphatic hydroxyl groups is 1. The molecule has 2 N–H and O–H groups in total. The third-order valence-electron chi connectivity index (χ3n) is 4.02. The second kappa shape index (κ2) is 17.8. The lowest BCUT2D eigenvalue weighted by Crippen LogP contribution is -2.13. The molecular formula is C18H36N3O+. The molecule has 0 aromatic heterocycles. The van der Waals surface area contributed by atoms with Crippen LogP contribution >= 0.6 is 0 Å². The van der Waals surface area contributed by atoms with Gasteiger partial charge in [0.25, 0.3) is 5.88 Å². The Kier molecular flexibility index (Phi) is 16.8. The van der Waals surface area contributed by atoms with Gasteiger partial charge in [-0.15, -0.1) is 0 Å². The van der Waals surface area contributed by atoms with E-state index < -0.39 is 0 Å². The SMILES string of the molecule is CCCCCCCCCCCCCCCCN/C(O)=C/[N+]#N. The van der Waals surface area contributed by atoms with E-state index in [1.54, 1.807) is 0 Å². The van der Waals surface area contributed by atoms with Crippen molar-refractivity contribution in [2.75, 3.05) is 6.54 Å². The van der Waals surface area contributed by atoms with Crippen molar-refractivity contribution in [3.05, 3.63) is 17.1 Å². The van der Waals surface area contributed by atoms with Crippen LogP contribution in [0.3, 0.4) is 0 Å². The number of unbranched alkanes of at least 4 members (excludes halogenated alkanes) is 13. The van der Waals surface area contributed by atoms with Gasteiger partial charge in [0, 0.05) is 6.54 Å². The van der Waals surface area contributed by atoms with Gasteiger partial charge in [0.1, 0.15) is 0 Å². The number of hydrogen-bond acceptors (Lipinski definition) is 3. The molecule has 0 aromatic rings. The Morgan fingerprint density at radius 1 is 0.818 bits per heavy atom. The van der Waals surface area contributed by atoms with Gasteiger partial charge in [0.2, 0.25) is 5.39 Å². The van der Waals surface area contributed by atoms with Crippen LogP contribution in [0.4, 0.5) is 0 Å². The van der Waals surface area contributed by atoms with Crippen LogP contribution < -0.4 is 5.32 Å². The van der Waals surface area contributed by atoms with E-state index in [2.05, 4.69) is 17.2 Å². The molecule has 0 amide bonds. The van der Waals surface area contributed by atoms with Crippen LogP contribution in [0.2, 0.25) is 0 Å². The zero-order valence-electron chi connectivity index (χ0n) is 14.5. The standard InChI is InChI=1S/C18H35N3O/c1-2-3-4-5-6-7-8-9-10-11-12-13-14-15-16-20-18(22)17-21-19/h17,20H,2-16H2,1H3/p+1/b18-17-. The normalized spacial score (nSPS) is 11.4. The zero-order chi connectivity index (χ0) is 16.3. The quantitative estimate of drug-likeness (QED) is 0.201. The van der Waals surface area contributed by atoms with Crippen LogP contribution in [0.1, 0.15) is 96.8 Å². The van der Waals surface area contributed by atoms with E-state index in [1.165, 1.54) is 83.5 Å². The van der Waals surface area contributed by atoms with Gasteiger partial charge in [-0.3, -0.25) is 0 Å². The van der Waals surface area contributed by atoms with E-state index in [0.717, 1.165) is 19.2 Å². The van der Waals surface area contributed by atoms with Crippen LogP contribution in [0.5, 0.6) is 0 Å². The smallest absolute Gasteiger partial charge is 0.409 e. The van der Waals surface area contributed by atoms with Crippen molar-refractivity contribution in [1.82, 2.24) is 5.32 Å². The van der Waals surface area contributed by atoms with E-state index in [-0.39, 0.29) is 5.88 Å². The molecule has 4 nitrogen and oxygen atoms in total. The van der Waals surface area contributed by atoms with Gasteiger partial charge in [-0.1, -0.05) is 90.4 Å². The van der Waals surface area contributed by atoms with Crippen LogP contribution in [0.25, 0.3) is 4.98 Å². The maximum absolute atomic E-state index is 9.15. The van der Waals surface area contributed by atoms with E-state index in [9.17, 15) is 0 Å². The molecule has 0 aromatic carbocycles. The van der Waals surface area contributed by atoms with Crippen molar-refractivity contribution in [2.45, 2.75) is 96.8 Å². The summed E-state index contributed by atoms with van der Waals surface area (Å²) in [5, 5.41) is 20.1. The molecule has 0 aliphatic heterocycles. The Balaban J connectivity index is 3.06. The molecule has 0 atom stereocenters. The molecule has 22 heavy (non-hydrogen) atoms. The van der Waals surface area contributed by atoms with Crippen molar-refractivity contribution in [3.63, 3.8) is 0 Å². The maximum Gasteiger partial charge on any atom is 0.409 e. The van der Waals surface area contributed by atoms with Crippen LogP contribution in [-0.2, 0) is 0 Å². The zero-order valence-corrected chi connectivity index (χ0v) is 14.5. The molecule has 4 heteroatoms. The molecule has 0 saturated heterocycles. The highest BCUT2D eigenvalue weighted by Gasteiger charge is 1.97. The van der Waals surface area contributed by atoms with Gasteiger partial charge >= 0.3 is 6.20 Å². The highest BCUT2D eigenvalue weighted by molar-refractivity contribution is 4.92. The number of aliphatic hydroxyl groups excluding tert-OH is 1. The van der Waals surface area contributed by atoms with E-state index in [4.69, 9.17) is 10.5 Å². The lowest BCUT2D eigenvalue weighted by Gasteiger charge is -2.04. The third-order valence-corrected chi connectivity index (χ3v) is 4.02. The maximum atomic E-state index is 9.15. The fourth-order valence-corrected chi connectivity index (χ4v) is 2.64. The predicted molar refractivity (Wildman–Crippen MR) is 94.1 cm³/mol. The highest BCUT2D eigenvalue weighted by Crippen LogP contribution is 2.12. The molecule has 0 unspecified atom stereocenters. The van der Waals surface area contributed by atoms with Gasteiger partial charge in [0.05, 0.1) is 0 Å². The average molecular weight is 311 g/mol. The Bertz CT molecular complexity index is 297. The summed E-state index contributed by atoms with van der Waals surface area (Å²) in [6.07, 6.45) is 19.8. The minimum atomic E-state index is -0.0720. The molecule has 0 rings (SSSR count). The Morgan fingerprint density at radius 3 is 1.64 bits per heavy atom. The van der Waals surface area contributed by atoms with Crippen molar-refractivity contribution < 1.29 is 5.11 Å². The van der Waals surface area contributed by atoms with Crippen LogP contribution in [0, 0.1) is 5.39 Å². The Labute approximate surface area is 137 Å². The molecule has 128 valence electrons. The van der Waals surface area contributed by atoms with Gasteiger partial charge in [0.15, 0.2) is 4.98 Å². The lowest BCUT2D eigenvalue weighted by atomic mass is 10.0. The summed E-state index contributed by atoms with van der Waals surface area (Å²) in [5.41, 5.74) is 0. The molecule has 0 radical (unpaired) electrons. The monoisotopic (exact) mass is 310 g/mol. The average Bonchev–Trinajstić information content (AvgIpc) is 2.51. The molecule has 0 aliphatic rings. The fourth-order valence-electron chi connectivity index (χ4n) is 2.64. The molecule has 0 bridgehead atoms. The van der Waals surface area contributed by atoms with Crippen molar-refractivity contribution >= 4 is 0 Å². The number of hydrogen-bond donors (Lipinski definition) is 2. The van der Waals surface area contributed by atoms with Gasteiger partial charge in [-0.2, -0.15) is 0 Å². The van der Waals surface area contributed by atoms with Gasteiger partial charge in [-0.05, 0) is 6.42 Å². The predicted octanol–water partition coefficient (Wildman–Crippen LogP) is 6.27. The number of diazo groups is 1. The molecule has 0 spiro atoms. The first kappa shape index (κ1) is 20.8. The topological polar surface area (TPSA) is 60.4 Å². The second-order valence-corrected chi connectivity index (χ2v) is 6.15. The summed E-state index contributed by atoms with van der Waals surface area (Å²) in [4.78, 5) is 2.75. The van der Waals surface area contributed by atoms with Crippen molar-refractivity contribution in [3.8, 4) is 0 Å². The second-order valence-electron chi connectivity index (χ2n) is 6.15. The summed E-state index contributed by atoms with van der Waals surface area (Å²) in [6.45, 7) is 3.00.